The third-order valence-corrected chi connectivity index (χ3v) is 16.6. The molecular weight excluding hydrogens is 799 g/mol. The van der Waals surface area contributed by atoms with Crippen molar-refractivity contribution in [1.82, 2.24) is 24.9 Å². The highest BCUT2D eigenvalue weighted by Crippen LogP contribution is 2.56. The Bertz CT molecular complexity index is 3000. The van der Waals surface area contributed by atoms with Gasteiger partial charge in [-0.2, -0.15) is 0 Å². The molecule has 1 aliphatic carbocycles. The minimum atomic E-state index is -1.48. The van der Waals surface area contributed by atoms with E-state index in [9.17, 15) is 0 Å². The molecule has 63 heavy (non-hydrogen) atoms. The summed E-state index contributed by atoms with van der Waals surface area (Å²) < 4.78 is 0. The lowest BCUT2D eigenvalue weighted by atomic mass is 9.68. The molecule has 0 radical (unpaired) electrons. The van der Waals surface area contributed by atoms with Crippen LogP contribution in [0, 0.1) is 0 Å². The zero-order valence-electron chi connectivity index (χ0n) is 36.6. The molecule has 0 amide bonds. The first kappa shape index (κ1) is 40.2. The van der Waals surface area contributed by atoms with E-state index in [0.29, 0.717) is 17.5 Å². The minimum absolute atomic E-state index is 0.533. The lowest BCUT2D eigenvalue weighted by Gasteiger charge is -2.33. The Morgan fingerprint density at radius 2 is 0.841 bits per heavy atom. The van der Waals surface area contributed by atoms with Gasteiger partial charge in [0.2, 0.25) is 0 Å². The highest BCUT2D eigenvalue weighted by molar-refractivity contribution is 6.89. The van der Waals surface area contributed by atoms with Crippen molar-refractivity contribution in [1.29, 1.82) is 0 Å². The monoisotopic (exact) mass is 847 g/mol. The number of hydrogen-bond donors (Lipinski definition) is 0. The van der Waals surface area contributed by atoms with Crippen LogP contribution in [0.25, 0.3) is 67.7 Å². The Labute approximate surface area is 372 Å². The second-order valence-corrected chi connectivity index (χ2v) is 28.8. The molecule has 1 aliphatic rings. The van der Waals surface area contributed by atoms with E-state index in [-0.39, 0.29) is 0 Å². The minimum Gasteiger partial charge on any atom is -0.264 e. The van der Waals surface area contributed by atoms with Crippen LogP contribution in [0.2, 0.25) is 39.3 Å². The van der Waals surface area contributed by atoms with Crippen LogP contribution in [0.1, 0.15) is 22.3 Å². The Hall–Kier alpha value is -6.94. The zero-order valence-corrected chi connectivity index (χ0v) is 38.6. The van der Waals surface area contributed by atoms with Crippen LogP contribution in [0.3, 0.4) is 0 Å². The average Bonchev–Trinajstić information content (AvgIpc) is 3.62. The molecule has 0 aliphatic heterocycles. The lowest BCUT2D eigenvalue weighted by molar-refractivity contribution is 0.766. The number of fused-ring (bicyclic) bond motifs is 3. The molecule has 0 unspecified atom stereocenters. The number of nitrogens with zero attached hydrogens (tertiary/aromatic N) is 5. The lowest BCUT2D eigenvalue weighted by Crippen LogP contribution is -2.37. The van der Waals surface area contributed by atoms with E-state index < -0.39 is 21.6 Å². The fourth-order valence-corrected chi connectivity index (χ4v) is 11.4. The molecule has 0 bridgehead atoms. The van der Waals surface area contributed by atoms with Crippen molar-refractivity contribution in [2.45, 2.75) is 44.7 Å². The van der Waals surface area contributed by atoms with Crippen LogP contribution in [0.5, 0.6) is 0 Å². The molecule has 0 saturated carbocycles. The Kier molecular flexibility index (Phi) is 10.0. The first-order valence-electron chi connectivity index (χ1n) is 21.7. The van der Waals surface area contributed by atoms with E-state index in [0.717, 1.165) is 50.2 Å². The van der Waals surface area contributed by atoms with Crippen LogP contribution in [0.15, 0.2) is 188 Å². The van der Waals surface area contributed by atoms with Gasteiger partial charge in [-0.25, -0.2) is 15.0 Å². The highest BCUT2D eigenvalue weighted by Gasteiger charge is 2.46. The summed E-state index contributed by atoms with van der Waals surface area (Å²) in [7, 11) is -2.96. The van der Waals surface area contributed by atoms with Crippen LogP contribution >= 0.6 is 0 Å². The predicted octanol–water partition coefficient (Wildman–Crippen LogP) is 12.5. The van der Waals surface area contributed by atoms with Crippen molar-refractivity contribution in [3.63, 3.8) is 0 Å². The van der Waals surface area contributed by atoms with Gasteiger partial charge in [-0.3, -0.25) is 9.97 Å². The molecule has 3 aromatic heterocycles. The van der Waals surface area contributed by atoms with Gasteiger partial charge in [-0.1, -0.05) is 195 Å². The van der Waals surface area contributed by atoms with Gasteiger partial charge in [0.05, 0.1) is 27.3 Å². The summed E-state index contributed by atoms with van der Waals surface area (Å²) in [6, 6.07) is 61.0. The van der Waals surface area contributed by atoms with Gasteiger partial charge in [0, 0.05) is 52.0 Å². The molecule has 0 saturated heterocycles. The second kappa shape index (κ2) is 15.8. The molecule has 0 N–H and O–H groups in total. The molecular formula is C56H49N5Si2. The first-order chi connectivity index (χ1) is 30.5. The molecule has 0 fully saturated rings. The van der Waals surface area contributed by atoms with E-state index in [1.54, 1.807) is 0 Å². The third-order valence-electron chi connectivity index (χ3n) is 12.5. The number of pyridine rings is 2. The maximum Gasteiger partial charge on any atom is 0.164 e. The molecule has 5 nitrogen and oxygen atoms in total. The maximum absolute atomic E-state index is 5.14. The molecule has 0 spiro atoms. The quantitative estimate of drug-likeness (QED) is 0.135. The number of aromatic nitrogens is 5. The largest absolute Gasteiger partial charge is 0.264 e. The van der Waals surface area contributed by atoms with Crippen molar-refractivity contribution in [2.75, 3.05) is 0 Å². The first-order valence-corrected chi connectivity index (χ1v) is 28.7. The van der Waals surface area contributed by atoms with Gasteiger partial charge in [-0.15, -0.1) is 0 Å². The van der Waals surface area contributed by atoms with E-state index in [4.69, 9.17) is 19.9 Å². The summed E-state index contributed by atoms with van der Waals surface area (Å²) in [5.74, 6) is 1.98. The smallest absolute Gasteiger partial charge is 0.164 e. The standard InChI is InChI=1S/C56H49N5Si2/c1-62(2,3)46-27-23-38(24-28-46)53-59-54(39-25-29-47(30-26-39)63(4,5)6)61-55(60-53)43-18-14-16-41(34-43)40-15-13-17-42(33-40)52-35-51-49(37-58-52)48-36-57-32-31-50(48)56(51,44-19-9-7-10-20-44)45-21-11-8-12-22-45/h7-37H,1-6H3. The summed E-state index contributed by atoms with van der Waals surface area (Å²) in [6.07, 6.45) is 5.94. The summed E-state index contributed by atoms with van der Waals surface area (Å²) in [5.41, 5.74) is 13.5. The molecule has 7 heteroatoms. The fourth-order valence-electron chi connectivity index (χ4n) is 9.08. The van der Waals surface area contributed by atoms with Gasteiger partial charge < -0.3 is 0 Å². The van der Waals surface area contributed by atoms with E-state index in [1.807, 2.05) is 18.6 Å². The fraction of sp³-hybridized carbons (Fsp3) is 0.125. The van der Waals surface area contributed by atoms with Gasteiger partial charge in [0.25, 0.3) is 0 Å². The van der Waals surface area contributed by atoms with E-state index >= 15 is 0 Å². The predicted molar refractivity (Wildman–Crippen MR) is 266 cm³/mol. The third kappa shape index (κ3) is 7.37. The zero-order chi connectivity index (χ0) is 43.3. The Balaban J connectivity index is 1.06. The maximum atomic E-state index is 5.14. The molecule has 3 heterocycles. The van der Waals surface area contributed by atoms with Crippen LogP contribution in [-0.2, 0) is 5.41 Å². The van der Waals surface area contributed by atoms with Crippen molar-refractivity contribution in [3.05, 3.63) is 211 Å². The summed E-state index contributed by atoms with van der Waals surface area (Å²) in [4.78, 5) is 25.1. The molecule has 9 aromatic rings. The topological polar surface area (TPSA) is 64.5 Å². The summed E-state index contributed by atoms with van der Waals surface area (Å²) in [6.45, 7) is 14.2. The van der Waals surface area contributed by atoms with Gasteiger partial charge in [-0.05, 0) is 57.6 Å². The average molecular weight is 848 g/mol. The number of hydrogen-bond acceptors (Lipinski definition) is 5. The van der Waals surface area contributed by atoms with E-state index in [1.165, 1.54) is 32.6 Å². The number of benzene rings is 6. The van der Waals surface area contributed by atoms with Crippen LogP contribution in [0.4, 0.5) is 0 Å². The molecule has 10 rings (SSSR count). The Morgan fingerprint density at radius 3 is 1.37 bits per heavy atom. The van der Waals surface area contributed by atoms with Gasteiger partial charge >= 0.3 is 0 Å². The van der Waals surface area contributed by atoms with Crippen LogP contribution in [-0.4, -0.2) is 41.1 Å². The van der Waals surface area contributed by atoms with Crippen molar-refractivity contribution < 1.29 is 0 Å². The van der Waals surface area contributed by atoms with Gasteiger partial charge in [0.15, 0.2) is 17.5 Å². The Morgan fingerprint density at radius 1 is 0.381 bits per heavy atom. The normalized spacial score (nSPS) is 13.0. The van der Waals surface area contributed by atoms with Crippen molar-refractivity contribution >= 4 is 26.5 Å². The highest BCUT2D eigenvalue weighted by atomic mass is 28.3. The molecule has 0 atom stereocenters. The molecule has 6 aromatic carbocycles. The molecule has 306 valence electrons. The SMILES string of the molecule is C[Si](C)(C)c1ccc(-c2nc(-c3ccc([Si](C)(C)C)cc3)nc(-c3cccc(-c4cccc(-c5cc6c(cn5)-c5cnccc5C6(c5ccccc5)c5ccccc5)c4)c3)n2)cc1. The van der Waals surface area contributed by atoms with Crippen molar-refractivity contribution in [2.24, 2.45) is 0 Å². The number of rotatable bonds is 9. The van der Waals surface area contributed by atoms with Gasteiger partial charge in [0.1, 0.15) is 0 Å². The summed E-state index contributed by atoms with van der Waals surface area (Å²) in [5, 5.41) is 2.81. The second-order valence-electron chi connectivity index (χ2n) is 18.6. The van der Waals surface area contributed by atoms with Crippen LogP contribution < -0.4 is 10.4 Å². The summed E-state index contributed by atoms with van der Waals surface area (Å²) >= 11 is 0. The van der Waals surface area contributed by atoms with E-state index in [2.05, 4.69) is 214 Å². The van der Waals surface area contributed by atoms with Crippen molar-refractivity contribution in [3.8, 4) is 67.7 Å².